The molecule has 3 aromatic heterocycles. The molecule has 0 radical (unpaired) electrons. The van der Waals surface area contributed by atoms with Crippen LogP contribution in [0.15, 0.2) is 59.5 Å². The first-order chi connectivity index (χ1) is 15.1. The summed E-state index contributed by atoms with van der Waals surface area (Å²) in [5.41, 5.74) is 3.91. The molecular formula is C23H24N6O2. The summed E-state index contributed by atoms with van der Waals surface area (Å²) in [7, 11) is 0. The van der Waals surface area contributed by atoms with E-state index in [1.165, 1.54) is 0 Å². The Bertz CT molecular complexity index is 1260. The van der Waals surface area contributed by atoms with Gasteiger partial charge >= 0.3 is 0 Å². The number of fused-ring (bicyclic) bond motifs is 1. The molecule has 158 valence electrons. The van der Waals surface area contributed by atoms with Crippen molar-refractivity contribution < 1.29 is 4.79 Å². The molecule has 0 aliphatic carbocycles. The van der Waals surface area contributed by atoms with Crippen LogP contribution in [-0.4, -0.2) is 30.2 Å². The molecular weight excluding hydrogens is 392 g/mol. The minimum Gasteiger partial charge on any atom is -0.350 e. The molecule has 0 unspecified atom stereocenters. The summed E-state index contributed by atoms with van der Waals surface area (Å²) in [6.07, 6.45) is 2.13. The first-order valence-electron chi connectivity index (χ1n) is 10.3. The third-order valence-electron chi connectivity index (χ3n) is 5.10. The van der Waals surface area contributed by atoms with Crippen LogP contribution in [-0.2, 0) is 24.3 Å². The number of amides is 1. The molecule has 1 amide bonds. The second kappa shape index (κ2) is 8.91. The van der Waals surface area contributed by atoms with Crippen molar-refractivity contribution in [1.82, 2.24) is 29.6 Å². The Morgan fingerprint density at radius 3 is 2.58 bits per heavy atom. The fourth-order valence-electron chi connectivity index (χ4n) is 3.53. The average Bonchev–Trinajstić information content (AvgIpc) is 3.13. The van der Waals surface area contributed by atoms with E-state index in [9.17, 15) is 9.59 Å². The third kappa shape index (κ3) is 4.23. The number of benzene rings is 1. The van der Waals surface area contributed by atoms with Gasteiger partial charge < -0.3 is 5.32 Å². The molecule has 4 aromatic rings. The van der Waals surface area contributed by atoms with Crippen LogP contribution >= 0.6 is 0 Å². The van der Waals surface area contributed by atoms with Crippen LogP contribution in [0.25, 0.3) is 16.9 Å². The summed E-state index contributed by atoms with van der Waals surface area (Å²) < 4.78 is 3.43. The van der Waals surface area contributed by atoms with Crippen LogP contribution in [0.3, 0.4) is 0 Å². The number of para-hydroxylation sites is 1. The molecule has 0 saturated heterocycles. The molecule has 8 heteroatoms. The van der Waals surface area contributed by atoms with E-state index in [2.05, 4.69) is 20.4 Å². The molecule has 3 heterocycles. The normalized spacial score (nSPS) is 11.0. The van der Waals surface area contributed by atoms with Crippen molar-refractivity contribution in [2.75, 3.05) is 0 Å². The maximum atomic E-state index is 13.1. The predicted octanol–water partition coefficient (Wildman–Crippen LogP) is 2.55. The molecule has 31 heavy (non-hydrogen) atoms. The highest BCUT2D eigenvalue weighted by molar-refractivity contribution is 5.77. The maximum absolute atomic E-state index is 13.1. The number of aromatic nitrogens is 5. The van der Waals surface area contributed by atoms with Gasteiger partial charge in [-0.15, -0.1) is 0 Å². The Hall–Kier alpha value is -3.81. The molecule has 0 atom stereocenters. The summed E-state index contributed by atoms with van der Waals surface area (Å²) >= 11 is 0. The van der Waals surface area contributed by atoms with Gasteiger partial charge in [0.2, 0.25) is 5.91 Å². The van der Waals surface area contributed by atoms with Gasteiger partial charge in [-0.1, -0.05) is 24.3 Å². The van der Waals surface area contributed by atoms with Crippen molar-refractivity contribution in [1.29, 1.82) is 0 Å². The number of hydrogen-bond acceptors (Lipinski definition) is 5. The van der Waals surface area contributed by atoms with E-state index in [-0.39, 0.29) is 24.3 Å². The third-order valence-corrected chi connectivity index (χ3v) is 5.10. The van der Waals surface area contributed by atoms with Gasteiger partial charge in [-0.05, 0) is 38.1 Å². The van der Waals surface area contributed by atoms with Gasteiger partial charge in [-0.3, -0.25) is 19.1 Å². The molecule has 8 nitrogen and oxygen atoms in total. The van der Waals surface area contributed by atoms with Crippen LogP contribution in [0.2, 0.25) is 0 Å². The minimum absolute atomic E-state index is 0.147. The lowest BCUT2D eigenvalue weighted by Gasteiger charge is -2.11. The Kier molecular flexibility index (Phi) is 5.88. The zero-order valence-corrected chi connectivity index (χ0v) is 17.6. The number of nitrogens with one attached hydrogen (secondary N) is 1. The lowest BCUT2D eigenvalue weighted by Crippen LogP contribution is -2.28. The van der Waals surface area contributed by atoms with Crippen LogP contribution in [0, 0.1) is 6.92 Å². The molecule has 4 rings (SSSR count). The van der Waals surface area contributed by atoms with Crippen molar-refractivity contribution in [3.05, 3.63) is 82.2 Å². The summed E-state index contributed by atoms with van der Waals surface area (Å²) in [6.45, 7) is 4.63. The molecule has 0 fully saturated rings. The van der Waals surface area contributed by atoms with E-state index in [1.54, 1.807) is 15.4 Å². The Labute approximate surface area is 179 Å². The highest BCUT2D eigenvalue weighted by atomic mass is 16.1. The maximum Gasteiger partial charge on any atom is 0.273 e. The van der Waals surface area contributed by atoms with Gasteiger partial charge in [-0.25, -0.2) is 9.67 Å². The van der Waals surface area contributed by atoms with E-state index in [0.717, 1.165) is 17.1 Å². The molecule has 0 bridgehead atoms. The topological polar surface area (TPSA) is 94.7 Å². The SMILES string of the molecule is CCn1c(=O)c(CCC(=O)NCc2ccccn2)nc2c(C)nn(-c3ccccc3)c21. The smallest absolute Gasteiger partial charge is 0.273 e. The van der Waals surface area contributed by atoms with Gasteiger partial charge in [0.05, 0.1) is 23.6 Å². The second-order valence-electron chi connectivity index (χ2n) is 7.21. The lowest BCUT2D eigenvalue weighted by molar-refractivity contribution is -0.121. The molecule has 1 N–H and O–H groups in total. The highest BCUT2D eigenvalue weighted by Crippen LogP contribution is 2.19. The van der Waals surface area contributed by atoms with Crippen LogP contribution < -0.4 is 10.9 Å². The summed E-state index contributed by atoms with van der Waals surface area (Å²) in [4.78, 5) is 34.2. The van der Waals surface area contributed by atoms with Crippen LogP contribution in [0.1, 0.15) is 30.4 Å². The zero-order chi connectivity index (χ0) is 21.8. The first kappa shape index (κ1) is 20.5. The largest absolute Gasteiger partial charge is 0.350 e. The minimum atomic E-state index is -0.190. The number of hydrogen-bond donors (Lipinski definition) is 1. The average molecular weight is 416 g/mol. The van der Waals surface area contributed by atoms with E-state index >= 15 is 0 Å². The van der Waals surface area contributed by atoms with Crippen molar-refractivity contribution in [3.63, 3.8) is 0 Å². The van der Waals surface area contributed by atoms with Gasteiger partial charge in [0.25, 0.3) is 5.56 Å². The van der Waals surface area contributed by atoms with Crippen molar-refractivity contribution in [2.45, 2.75) is 39.8 Å². The fraction of sp³-hybridized carbons (Fsp3) is 0.261. The van der Waals surface area contributed by atoms with Gasteiger partial charge in [0.15, 0.2) is 5.65 Å². The van der Waals surface area contributed by atoms with Crippen molar-refractivity contribution in [3.8, 4) is 5.69 Å². The van der Waals surface area contributed by atoms with Gasteiger partial charge in [0, 0.05) is 25.6 Å². The predicted molar refractivity (Wildman–Crippen MR) is 118 cm³/mol. The fourth-order valence-corrected chi connectivity index (χ4v) is 3.53. The number of carbonyl (C=O) groups excluding carboxylic acids is 1. The summed E-state index contributed by atoms with van der Waals surface area (Å²) in [5.74, 6) is -0.147. The molecule has 0 spiro atoms. The standard InChI is InChI=1S/C23H24N6O2/c1-3-28-22-21(16(2)27-29(22)18-10-5-4-6-11-18)26-19(23(28)31)12-13-20(30)25-15-17-9-7-8-14-24-17/h4-11,14H,3,12-13,15H2,1-2H3,(H,25,30). The highest BCUT2D eigenvalue weighted by Gasteiger charge is 2.19. The quantitative estimate of drug-likeness (QED) is 0.500. The molecule has 0 saturated carbocycles. The van der Waals surface area contributed by atoms with Crippen LogP contribution in [0.5, 0.6) is 0 Å². The van der Waals surface area contributed by atoms with E-state index < -0.39 is 0 Å². The molecule has 1 aromatic carbocycles. The monoisotopic (exact) mass is 416 g/mol. The summed E-state index contributed by atoms with van der Waals surface area (Å²) in [5, 5.41) is 7.45. The number of rotatable bonds is 7. The van der Waals surface area contributed by atoms with E-state index in [0.29, 0.717) is 29.9 Å². The number of pyridine rings is 1. The Morgan fingerprint density at radius 2 is 1.87 bits per heavy atom. The van der Waals surface area contributed by atoms with Crippen molar-refractivity contribution in [2.24, 2.45) is 0 Å². The molecule has 0 aliphatic heterocycles. The Balaban J connectivity index is 1.59. The number of aryl methyl sites for hydroxylation is 3. The van der Waals surface area contributed by atoms with Gasteiger partial charge in [-0.2, -0.15) is 5.10 Å². The zero-order valence-electron chi connectivity index (χ0n) is 17.6. The molecule has 0 aliphatic rings. The van der Waals surface area contributed by atoms with Crippen molar-refractivity contribution >= 4 is 17.1 Å². The van der Waals surface area contributed by atoms with Crippen LogP contribution in [0.4, 0.5) is 0 Å². The van der Waals surface area contributed by atoms with E-state index in [4.69, 9.17) is 0 Å². The Morgan fingerprint density at radius 1 is 1.10 bits per heavy atom. The first-order valence-corrected chi connectivity index (χ1v) is 10.3. The second-order valence-corrected chi connectivity index (χ2v) is 7.21. The van der Waals surface area contributed by atoms with E-state index in [1.807, 2.05) is 62.4 Å². The van der Waals surface area contributed by atoms with Gasteiger partial charge in [0.1, 0.15) is 11.2 Å². The number of carbonyl (C=O) groups is 1. The number of nitrogens with zero attached hydrogens (tertiary/aromatic N) is 5. The summed E-state index contributed by atoms with van der Waals surface area (Å²) in [6, 6.07) is 15.2. The lowest BCUT2D eigenvalue weighted by atomic mass is 10.2.